The molecule has 1 amide bonds. The number of hydrogen-bond acceptors (Lipinski definition) is 3. The van der Waals surface area contributed by atoms with Gasteiger partial charge in [-0.15, -0.1) is 0 Å². The molecule has 1 rings (SSSR count). The molecule has 0 aliphatic heterocycles. The molecule has 1 heterocycles. The molecule has 0 aliphatic carbocycles. The Labute approximate surface area is 90.1 Å². The molecular weight excluding hydrogens is 190 g/mol. The minimum Gasteiger partial charge on any atom is -0.350 e. The van der Waals surface area contributed by atoms with E-state index in [2.05, 4.69) is 15.6 Å². The molecular formula is C11H17N3O. The Morgan fingerprint density at radius 1 is 1.47 bits per heavy atom. The molecule has 2 N–H and O–H groups in total. The molecule has 1 aromatic rings. The molecule has 0 radical (unpaired) electrons. The first-order valence-corrected chi connectivity index (χ1v) is 5.20. The molecule has 1 aromatic heterocycles. The van der Waals surface area contributed by atoms with Gasteiger partial charge in [-0.1, -0.05) is 13.0 Å². The van der Waals surface area contributed by atoms with Gasteiger partial charge in [0.05, 0.1) is 12.2 Å². The third kappa shape index (κ3) is 5.12. The van der Waals surface area contributed by atoms with Gasteiger partial charge in [0.1, 0.15) is 0 Å². The Balaban J connectivity index is 2.17. The zero-order valence-electron chi connectivity index (χ0n) is 8.99. The minimum absolute atomic E-state index is 0.0570. The van der Waals surface area contributed by atoms with Crippen LogP contribution in [0.25, 0.3) is 0 Å². The van der Waals surface area contributed by atoms with Crippen molar-refractivity contribution in [1.82, 2.24) is 15.6 Å². The zero-order valence-corrected chi connectivity index (χ0v) is 8.99. The Hall–Kier alpha value is -1.42. The number of aromatic nitrogens is 1. The average Bonchev–Trinajstić information content (AvgIpc) is 2.28. The lowest BCUT2D eigenvalue weighted by Gasteiger charge is -2.04. The van der Waals surface area contributed by atoms with E-state index in [9.17, 15) is 4.79 Å². The molecule has 15 heavy (non-hydrogen) atoms. The molecule has 0 aromatic carbocycles. The summed E-state index contributed by atoms with van der Waals surface area (Å²) < 4.78 is 0. The summed E-state index contributed by atoms with van der Waals surface area (Å²) in [5, 5.41) is 5.92. The monoisotopic (exact) mass is 207 g/mol. The quantitative estimate of drug-likeness (QED) is 0.675. The smallest absolute Gasteiger partial charge is 0.221 e. The highest BCUT2D eigenvalue weighted by molar-refractivity contribution is 5.75. The summed E-state index contributed by atoms with van der Waals surface area (Å²) in [7, 11) is 0. The fourth-order valence-corrected chi connectivity index (χ4v) is 1.16. The van der Waals surface area contributed by atoms with Crippen molar-refractivity contribution in [1.29, 1.82) is 0 Å². The number of rotatable bonds is 6. The first-order chi connectivity index (χ1) is 7.33. The lowest BCUT2D eigenvalue weighted by atomic mass is 10.3. The summed E-state index contributed by atoms with van der Waals surface area (Å²) in [5.74, 6) is 0.0570. The van der Waals surface area contributed by atoms with Crippen LogP contribution in [-0.2, 0) is 11.3 Å². The van der Waals surface area contributed by atoms with E-state index in [4.69, 9.17) is 0 Å². The Bertz CT molecular complexity index is 287. The maximum Gasteiger partial charge on any atom is 0.221 e. The topological polar surface area (TPSA) is 54.0 Å². The number of pyridine rings is 1. The summed E-state index contributed by atoms with van der Waals surface area (Å²) in [5.41, 5.74) is 0.884. The fourth-order valence-electron chi connectivity index (χ4n) is 1.16. The van der Waals surface area contributed by atoms with Gasteiger partial charge in [0.25, 0.3) is 0 Å². The van der Waals surface area contributed by atoms with Crippen LogP contribution in [0.5, 0.6) is 0 Å². The lowest BCUT2D eigenvalue weighted by Crippen LogP contribution is -2.27. The second-order valence-electron chi connectivity index (χ2n) is 3.20. The number of carbonyl (C=O) groups is 1. The molecule has 0 unspecified atom stereocenters. The average molecular weight is 207 g/mol. The Kier molecular flexibility index (Phi) is 5.40. The van der Waals surface area contributed by atoms with Gasteiger partial charge in [-0.25, -0.2) is 0 Å². The molecule has 0 atom stereocenters. The van der Waals surface area contributed by atoms with Crippen molar-refractivity contribution in [3.63, 3.8) is 0 Å². The summed E-state index contributed by atoms with van der Waals surface area (Å²) in [4.78, 5) is 15.4. The predicted molar refractivity (Wildman–Crippen MR) is 59.2 cm³/mol. The van der Waals surface area contributed by atoms with Gasteiger partial charge in [-0.05, 0) is 18.7 Å². The summed E-state index contributed by atoms with van der Waals surface area (Å²) in [6, 6.07) is 5.66. The van der Waals surface area contributed by atoms with Gasteiger partial charge >= 0.3 is 0 Å². The van der Waals surface area contributed by atoms with Crippen LogP contribution in [0.2, 0.25) is 0 Å². The molecule has 0 saturated heterocycles. The largest absolute Gasteiger partial charge is 0.350 e. The molecule has 0 fully saturated rings. The van der Waals surface area contributed by atoms with Gasteiger partial charge in [-0.2, -0.15) is 0 Å². The third-order valence-corrected chi connectivity index (χ3v) is 1.97. The molecule has 0 saturated carbocycles. The van der Waals surface area contributed by atoms with E-state index in [1.807, 2.05) is 25.1 Å². The second kappa shape index (κ2) is 6.95. The SMILES string of the molecule is CCNCCC(=O)NCc1ccccn1. The Morgan fingerprint density at radius 3 is 3.00 bits per heavy atom. The maximum atomic E-state index is 11.3. The summed E-state index contributed by atoms with van der Waals surface area (Å²) >= 11 is 0. The van der Waals surface area contributed by atoms with Gasteiger partial charge in [0.2, 0.25) is 5.91 Å². The van der Waals surface area contributed by atoms with Crippen molar-refractivity contribution in [2.24, 2.45) is 0 Å². The van der Waals surface area contributed by atoms with Crippen molar-refractivity contribution < 1.29 is 4.79 Å². The van der Waals surface area contributed by atoms with Gasteiger partial charge in [0, 0.05) is 19.2 Å². The first-order valence-electron chi connectivity index (χ1n) is 5.20. The predicted octanol–water partition coefficient (Wildman–Crippen LogP) is 0.697. The van der Waals surface area contributed by atoms with Crippen molar-refractivity contribution in [3.8, 4) is 0 Å². The zero-order chi connectivity index (χ0) is 10.9. The highest BCUT2D eigenvalue weighted by Gasteiger charge is 2.00. The number of nitrogens with one attached hydrogen (secondary N) is 2. The number of amides is 1. The number of hydrogen-bond donors (Lipinski definition) is 2. The van der Waals surface area contributed by atoms with Crippen molar-refractivity contribution in [3.05, 3.63) is 30.1 Å². The number of carbonyl (C=O) groups excluding carboxylic acids is 1. The highest BCUT2D eigenvalue weighted by Crippen LogP contribution is 1.92. The molecule has 82 valence electrons. The van der Waals surface area contributed by atoms with Crippen molar-refractivity contribution in [2.45, 2.75) is 19.9 Å². The van der Waals surface area contributed by atoms with Crippen LogP contribution in [-0.4, -0.2) is 24.0 Å². The van der Waals surface area contributed by atoms with E-state index in [-0.39, 0.29) is 5.91 Å². The van der Waals surface area contributed by atoms with Crippen LogP contribution in [0.1, 0.15) is 19.0 Å². The van der Waals surface area contributed by atoms with E-state index < -0.39 is 0 Å². The normalized spacial score (nSPS) is 9.93. The van der Waals surface area contributed by atoms with E-state index in [0.29, 0.717) is 13.0 Å². The van der Waals surface area contributed by atoms with Crippen LogP contribution in [0, 0.1) is 0 Å². The first kappa shape index (κ1) is 11.7. The van der Waals surface area contributed by atoms with E-state index in [0.717, 1.165) is 18.8 Å². The third-order valence-electron chi connectivity index (χ3n) is 1.97. The molecule has 0 bridgehead atoms. The van der Waals surface area contributed by atoms with E-state index in [1.165, 1.54) is 0 Å². The molecule has 0 spiro atoms. The van der Waals surface area contributed by atoms with Crippen molar-refractivity contribution in [2.75, 3.05) is 13.1 Å². The van der Waals surface area contributed by atoms with Crippen LogP contribution in [0.4, 0.5) is 0 Å². The molecule has 0 aliphatic rings. The van der Waals surface area contributed by atoms with Crippen LogP contribution < -0.4 is 10.6 Å². The van der Waals surface area contributed by atoms with Crippen LogP contribution >= 0.6 is 0 Å². The standard InChI is InChI=1S/C11H17N3O/c1-2-12-8-6-11(15)14-9-10-5-3-4-7-13-10/h3-5,7,12H,2,6,8-9H2,1H3,(H,14,15). The Morgan fingerprint density at radius 2 is 2.33 bits per heavy atom. The van der Waals surface area contributed by atoms with Crippen molar-refractivity contribution >= 4 is 5.91 Å². The van der Waals surface area contributed by atoms with Crippen LogP contribution in [0.3, 0.4) is 0 Å². The van der Waals surface area contributed by atoms with Gasteiger partial charge in [0.15, 0.2) is 0 Å². The maximum absolute atomic E-state index is 11.3. The van der Waals surface area contributed by atoms with Gasteiger partial charge < -0.3 is 10.6 Å². The second-order valence-corrected chi connectivity index (χ2v) is 3.20. The highest BCUT2D eigenvalue weighted by atomic mass is 16.1. The number of nitrogens with zero attached hydrogens (tertiary/aromatic N) is 1. The lowest BCUT2D eigenvalue weighted by molar-refractivity contribution is -0.121. The van der Waals surface area contributed by atoms with Gasteiger partial charge in [-0.3, -0.25) is 9.78 Å². The summed E-state index contributed by atoms with van der Waals surface area (Å²) in [6.07, 6.45) is 2.24. The molecule has 4 nitrogen and oxygen atoms in total. The molecule has 4 heteroatoms. The van der Waals surface area contributed by atoms with Crippen LogP contribution in [0.15, 0.2) is 24.4 Å². The fraction of sp³-hybridized carbons (Fsp3) is 0.455. The van der Waals surface area contributed by atoms with E-state index in [1.54, 1.807) is 6.20 Å². The summed E-state index contributed by atoms with van der Waals surface area (Å²) in [6.45, 7) is 4.15. The minimum atomic E-state index is 0.0570. The van der Waals surface area contributed by atoms with E-state index >= 15 is 0 Å².